The first-order valence-electron chi connectivity index (χ1n) is 10.2. The van der Waals surface area contributed by atoms with E-state index in [0.717, 1.165) is 50.6 Å². The maximum Gasteiger partial charge on any atom is 0.191 e. The number of nitrogens with one attached hydrogen (secondary N) is 2. The number of piperidine rings is 1. The van der Waals surface area contributed by atoms with Crippen LogP contribution in [0.5, 0.6) is 5.75 Å². The van der Waals surface area contributed by atoms with Gasteiger partial charge in [0, 0.05) is 32.7 Å². The van der Waals surface area contributed by atoms with Gasteiger partial charge in [0.05, 0.1) is 11.1 Å². The molecule has 160 valence electrons. The first-order valence-corrected chi connectivity index (χ1v) is 11.0. The van der Waals surface area contributed by atoms with E-state index in [0.29, 0.717) is 6.04 Å². The number of nitrogens with zero attached hydrogens (tertiary/aromatic N) is 2. The quantitative estimate of drug-likeness (QED) is 0.315. The Morgan fingerprint density at radius 3 is 2.52 bits per heavy atom. The van der Waals surface area contributed by atoms with Crippen LogP contribution in [0.2, 0.25) is 0 Å². The summed E-state index contributed by atoms with van der Waals surface area (Å²) in [4.78, 5) is 6.87. The molecule has 0 saturated carbocycles. The van der Waals surface area contributed by atoms with Crippen molar-refractivity contribution in [1.29, 1.82) is 0 Å². The lowest BCUT2D eigenvalue weighted by molar-refractivity contribution is 0.242. The number of ether oxygens (including phenoxy) is 1. The van der Waals surface area contributed by atoms with Gasteiger partial charge in [0.25, 0.3) is 0 Å². The van der Waals surface area contributed by atoms with Crippen LogP contribution in [0.1, 0.15) is 32.3 Å². The second-order valence-electron chi connectivity index (χ2n) is 7.42. The van der Waals surface area contributed by atoms with E-state index in [4.69, 9.17) is 4.74 Å². The minimum absolute atomic E-state index is 0. The fourth-order valence-electron chi connectivity index (χ4n) is 3.41. The fourth-order valence-corrected chi connectivity index (χ4v) is 4.20. The lowest BCUT2D eigenvalue weighted by Crippen LogP contribution is -2.49. The molecule has 29 heavy (non-hydrogen) atoms. The maximum atomic E-state index is 5.70. The third-order valence-electron chi connectivity index (χ3n) is 4.88. The van der Waals surface area contributed by atoms with Crippen molar-refractivity contribution in [2.45, 2.75) is 45.3 Å². The van der Waals surface area contributed by atoms with Gasteiger partial charge in [-0.15, -0.1) is 35.3 Å². The summed E-state index contributed by atoms with van der Waals surface area (Å²) in [5.74, 6) is 1.83. The Balaban J connectivity index is 0.00000300. The number of anilines is 1. The minimum Gasteiger partial charge on any atom is -0.491 e. The Bertz CT molecular complexity index is 726. The third-order valence-corrected chi connectivity index (χ3v) is 5.81. The lowest BCUT2D eigenvalue weighted by Gasteiger charge is -2.33. The van der Waals surface area contributed by atoms with Gasteiger partial charge in [0.1, 0.15) is 5.75 Å². The van der Waals surface area contributed by atoms with E-state index in [1.165, 1.54) is 10.6 Å². The molecule has 1 aromatic carbocycles. The summed E-state index contributed by atoms with van der Waals surface area (Å²) in [5.41, 5.74) is 1.29. The summed E-state index contributed by atoms with van der Waals surface area (Å²) in [6, 6.07) is 13.2. The van der Waals surface area contributed by atoms with E-state index in [9.17, 15) is 0 Å². The van der Waals surface area contributed by atoms with Crippen LogP contribution in [0.25, 0.3) is 0 Å². The van der Waals surface area contributed by atoms with Crippen LogP contribution in [0, 0.1) is 0 Å². The zero-order valence-corrected chi connectivity index (χ0v) is 20.7. The average Bonchev–Trinajstić information content (AvgIpc) is 3.23. The number of aliphatic imine (C=N–C) groups is 1. The van der Waals surface area contributed by atoms with E-state index in [1.54, 1.807) is 0 Å². The molecule has 7 heteroatoms. The van der Waals surface area contributed by atoms with Gasteiger partial charge in [-0.2, -0.15) is 0 Å². The lowest BCUT2D eigenvalue weighted by atomic mass is 10.1. The molecule has 1 fully saturated rings. The first kappa shape index (κ1) is 23.8. The maximum absolute atomic E-state index is 5.70. The molecule has 1 aliphatic heterocycles. The molecule has 1 saturated heterocycles. The minimum atomic E-state index is 0. The Labute approximate surface area is 196 Å². The predicted octanol–water partition coefficient (Wildman–Crippen LogP) is 4.53. The summed E-state index contributed by atoms with van der Waals surface area (Å²) in [7, 11) is 1.84. The van der Waals surface area contributed by atoms with E-state index in [-0.39, 0.29) is 30.1 Å². The summed E-state index contributed by atoms with van der Waals surface area (Å²) >= 11 is 1.82. The monoisotopic (exact) mass is 528 g/mol. The molecule has 0 atom stereocenters. The van der Waals surface area contributed by atoms with Crippen LogP contribution in [-0.4, -0.2) is 44.8 Å². The Kier molecular flexibility index (Phi) is 10.1. The van der Waals surface area contributed by atoms with Crippen LogP contribution in [-0.2, 0) is 6.42 Å². The van der Waals surface area contributed by atoms with Crippen LogP contribution in [0.4, 0.5) is 5.00 Å². The highest BCUT2D eigenvalue weighted by Crippen LogP contribution is 2.24. The van der Waals surface area contributed by atoms with Crippen LogP contribution in [0.15, 0.2) is 46.8 Å². The zero-order valence-electron chi connectivity index (χ0n) is 17.6. The van der Waals surface area contributed by atoms with Crippen LogP contribution < -0.4 is 20.3 Å². The molecule has 1 aromatic heterocycles. The smallest absolute Gasteiger partial charge is 0.191 e. The fraction of sp³-hybridized carbons (Fsp3) is 0.500. The number of hydrogen-bond acceptors (Lipinski definition) is 4. The molecule has 3 rings (SSSR count). The summed E-state index contributed by atoms with van der Waals surface area (Å²) < 4.78 is 5.70. The highest BCUT2D eigenvalue weighted by molar-refractivity contribution is 14.0. The second kappa shape index (κ2) is 12.3. The van der Waals surface area contributed by atoms with Crippen LogP contribution in [0.3, 0.4) is 0 Å². The molecule has 0 spiro atoms. The summed E-state index contributed by atoms with van der Waals surface area (Å²) in [6.45, 7) is 7.14. The van der Waals surface area contributed by atoms with Crippen molar-refractivity contribution in [3.8, 4) is 5.75 Å². The Hall–Kier alpha value is -1.48. The van der Waals surface area contributed by atoms with Crippen molar-refractivity contribution < 1.29 is 4.74 Å². The number of halogens is 1. The summed E-state index contributed by atoms with van der Waals surface area (Å²) in [6.07, 6.45) is 3.43. The zero-order chi connectivity index (χ0) is 19.8. The first-order chi connectivity index (χ1) is 13.6. The van der Waals surface area contributed by atoms with Gasteiger partial charge in [-0.1, -0.05) is 12.1 Å². The molecule has 0 bridgehead atoms. The molecule has 5 nitrogen and oxygen atoms in total. The van der Waals surface area contributed by atoms with Crippen LogP contribution >= 0.6 is 35.3 Å². The van der Waals surface area contributed by atoms with Gasteiger partial charge >= 0.3 is 0 Å². The van der Waals surface area contributed by atoms with E-state index >= 15 is 0 Å². The molecular weight excluding hydrogens is 495 g/mol. The third kappa shape index (κ3) is 7.70. The second-order valence-corrected chi connectivity index (χ2v) is 8.34. The molecule has 1 aliphatic rings. The molecule has 2 heterocycles. The highest BCUT2D eigenvalue weighted by Gasteiger charge is 2.20. The normalized spacial score (nSPS) is 15.2. The topological polar surface area (TPSA) is 48.9 Å². The number of thiophene rings is 1. The van der Waals surface area contributed by atoms with Gasteiger partial charge in [0.15, 0.2) is 5.96 Å². The standard InChI is InChI=1S/C22H32N4OS.HI/c1-17(2)27-20-8-6-18(7-9-20)10-13-24-22(23-3)25-19-11-14-26(15-12-19)21-5-4-16-28-21;/h4-9,16-17,19H,10-15H2,1-3H3,(H2,23,24,25);1H. The molecule has 0 amide bonds. The Morgan fingerprint density at radius 2 is 1.93 bits per heavy atom. The van der Waals surface area contributed by atoms with E-state index in [2.05, 4.69) is 50.2 Å². The van der Waals surface area contributed by atoms with Gasteiger partial charge < -0.3 is 20.3 Å². The van der Waals surface area contributed by atoms with Crippen molar-refractivity contribution in [3.05, 3.63) is 47.3 Å². The molecule has 2 aromatic rings. The number of rotatable bonds is 7. The SMILES string of the molecule is CN=C(NCCc1ccc(OC(C)C)cc1)NC1CCN(c2cccs2)CC1.I. The molecule has 0 radical (unpaired) electrons. The number of benzene rings is 1. The average molecular weight is 529 g/mol. The molecule has 0 unspecified atom stereocenters. The van der Waals surface area contributed by atoms with Gasteiger partial charge in [-0.25, -0.2) is 0 Å². The largest absolute Gasteiger partial charge is 0.491 e. The number of guanidine groups is 1. The van der Waals surface area contributed by atoms with Gasteiger partial charge in [0.2, 0.25) is 0 Å². The molecular formula is C22H33IN4OS. The van der Waals surface area contributed by atoms with Crippen molar-refractivity contribution in [3.63, 3.8) is 0 Å². The van der Waals surface area contributed by atoms with Crippen molar-refractivity contribution >= 4 is 46.3 Å². The highest BCUT2D eigenvalue weighted by atomic mass is 127. The van der Waals surface area contributed by atoms with Gasteiger partial charge in [-0.3, -0.25) is 4.99 Å². The predicted molar refractivity (Wildman–Crippen MR) is 135 cm³/mol. The van der Waals surface area contributed by atoms with Crippen molar-refractivity contribution in [1.82, 2.24) is 10.6 Å². The van der Waals surface area contributed by atoms with E-state index in [1.807, 2.05) is 44.4 Å². The molecule has 2 N–H and O–H groups in total. The number of hydrogen-bond donors (Lipinski definition) is 2. The van der Waals surface area contributed by atoms with E-state index < -0.39 is 0 Å². The van der Waals surface area contributed by atoms with Gasteiger partial charge in [-0.05, 0) is 68.3 Å². The molecule has 0 aliphatic carbocycles. The van der Waals surface area contributed by atoms with Crippen molar-refractivity contribution in [2.24, 2.45) is 4.99 Å². The Morgan fingerprint density at radius 1 is 1.21 bits per heavy atom. The summed E-state index contributed by atoms with van der Waals surface area (Å²) in [5, 5.41) is 10.6. The van der Waals surface area contributed by atoms with Crippen molar-refractivity contribution in [2.75, 3.05) is 31.6 Å².